The topological polar surface area (TPSA) is 102 Å². The van der Waals surface area contributed by atoms with E-state index in [1.54, 1.807) is 13.8 Å². The van der Waals surface area contributed by atoms with Crippen LogP contribution in [0.15, 0.2) is 0 Å². The van der Waals surface area contributed by atoms with Gasteiger partial charge in [-0.2, -0.15) is 0 Å². The Morgan fingerprint density at radius 2 is 2.00 bits per heavy atom. The van der Waals surface area contributed by atoms with Crippen LogP contribution in [0.3, 0.4) is 0 Å². The molecule has 6 nitrogen and oxygen atoms in total. The van der Waals surface area contributed by atoms with Gasteiger partial charge in [-0.15, -0.1) is 0 Å². The fraction of sp³-hybridized carbons (Fsp3) is 0.800. The van der Waals surface area contributed by atoms with E-state index >= 15 is 0 Å². The summed E-state index contributed by atoms with van der Waals surface area (Å²) < 4.78 is 4.92. The average molecular weight is 232 g/mol. The van der Waals surface area contributed by atoms with Crippen molar-refractivity contribution in [1.29, 1.82) is 0 Å². The lowest BCUT2D eigenvalue weighted by Crippen LogP contribution is -2.42. The monoisotopic (exact) mass is 232 g/mol. The number of aliphatic carboxylic acids is 1. The summed E-state index contributed by atoms with van der Waals surface area (Å²) >= 11 is 0. The number of rotatable bonds is 7. The minimum Gasteiger partial charge on any atom is -0.481 e. The molecule has 6 heteroatoms. The van der Waals surface area contributed by atoms with Crippen LogP contribution in [0.2, 0.25) is 0 Å². The summed E-state index contributed by atoms with van der Waals surface area (Å²) in [5, 5.41) is 11.2. The molecule has 0 bridgehead atoms. The molecule has 0 heterocycles. The molecule has 0 spiro atoms. The van der Waals surface area contributed by atoms with Gasteiger partial charge in [0, 0.05) is 25.6 Å². The van der Waals surface area contributed by atoms with Gasteiger partial charge in [0.05, 0.1) is 12.5 Å². The van der Waals surface area contributed by atoms with E-state index in [4.69, 9.17) is 15.6 Å². The van der Waals surface area contributed by atoms with Crippen LogP contribution in [0, 0.1) is 5.92 Å². The molecule has 0 radical (unpaired) electrons. The molecule has 94 valence electrons. The van der Waals surface area contributed by atoms with Crippen LogP contribution >= 0.6 is 0 Å². The lowest BCUT2D eigenvalue weighted by molar-refractivity contribution is -0.140. The highest BCUT2D eigenvalue weighted by Crippen LogP contribution is 2.01. The van der Waals surface area contributed by atoms with Crippen LogP contribution in [0.4, 0.5) is 0 Å². The Balaban J connectivity index is 4.01. The second-order valence-corrected chi connectivity index (χ2v) is 3.85. The fourth-order valence-electron chi connectivity index (χ4n) is 1.05. The molecule has 16 heavy (non-hydrogen) atoms. The minimum absolute atomic E-state index is 0.136. The molecule has 1 amide bonds. The van der Waals surface area contributed by atoms with E-state index in [2.05, 4.69) is 5.32 Å². The first kappa shape index (κ1) is 14.9. The van der Waals surface area contributed by atoms with Gasteiger partial charge in [-0.3, -0.25) is 9.59 Å². The third kappa shape index (κ3) is 5.67. The first-order chi connectivity index (χ1) is 7.38. The van der Waals surface area contributed by atoms with E-state index in [0.717, 1.165) is 0 Å². The summed E-state index contributed by atoms with van der Waals surface area (Å²) in [5.41, 5.74) is 5.57. The third-order valence-electron chi connectivity index (χ3n) is 2.44. The maximum atomic E-state index is 11.5. The number of carbonyl (C=O) groups excluding carboxylic acids is 1. The Morgan fingerprint density at radius 1 is 1.44 bits per heavy atom. The quantitative estimate of drug-likeness (QED) is 0.553. The molecule has 0 aliphatic heterocycles. The SMILES string of the molecule is COC(CNC(=O)C(C)C(C)N)CC(=O)O. The molecule has 3 atom stereocenters. The zero-order chi connectivity index (χ0) is 12.7. The van der Waals surface area contributed by atoms with Crippen molar-refractivity contribution in [3.05, 3.63) is 0 Å². The lowest BCUT2D eigenvalue weighted by Gasteiger charge is -2.18. The zero-order valence-corrected chi connectivity index (χ0v) is 9.90. The van der Waals surface area contributed by atoms with Gasteiger partial charge < -0.3 is 20.9 Å². The summed E-state index contributed by atoms with van der Waals surface area (Å²) in [7, 11) is 1.41. The highest BCUT2D eigenvalue weighted by Gasteiger charge is 2.19. The molecule has 0 saturated heterocycles. The molecule has 0 aliphatic rings. The largest absolute Gasteiger partial charge is 0.481 e. The van der Waals surface area contributed by atoms with Crippen LogP contribution in [-0.2, 0) is 14.3 Å². The summed E-state index contributed by atoms with van der Waals surface area (Å²) in [4.78, 5) is 21.9. The number of ether oxygens (including phenoxy) is 1. The van der Waals surface area contributed by atoms with Crippen LogP contribution in [-0.4, -0.2) is 42.8 Å². The summed E-state index contributed by atoms with van der Waals surface area (Å²) in [5.74, 6) is -1.45. The minimum atomic E-state index is -0.957. The number of amides is 1. The maximum absolute atomic E-state index is 11.5. The van der Waals surface area contributed by atoms with Crippen molar-refractivity contribution < 1.29 is 19.4 Å². The predicted octanol–water partition coefficient (Wildman–Crippen LogP) is -0.424. The highest BCUT2D eigenvalue weighted by molar-refractivity contribution is 5.79. The maximum Gasteiger partial charge on any atom is 0.306 e. The first-order valence-electron chi connectivity index (χ1n) is 5.16. The van der Waals surface area contributed by atoms with Crippen molar-refractivity contribution >= 4 is 11.9 Å². The van der Waals surface area contributed by atoms with E-state index in [9.17, 15) is 9.59 Å². The Kier molecular flexibility index (Phi) is 6.67. The second-order valence-electron chi connectivity index (χ2n) is 3.85. The van der Waals surface area contributed by atoms with Crippen molar-refractivity contribution in [2.24, 2.45) is 11.7 Å². The average Bonchev–Trinajstić information content (AvgIpc) is 2.21. The molecule has 4 N–H and O–H groups in total. The molecular weight excluding hydrogens is 212 g/mol. The van der Waals surface area contributed by atoms with E-state index in [0.29, 0.717) is 0 Å². The highest BCUT2D eigenvalue weighted by atomic mass is 16.5. The number of carboxylic acid groups (broad SMARTS) is 1. The van der Waals surface area contributed by atoms with Crippen molar-refractivity contribution in [1.82, 2.24) is 5.32 Å². The van der Waals surface area contributed by atoms with Gasteiger partial charge in [-0.05, 0) is 6.92 Å². The molecule has 0 aromatic heterocycles. The van der Waals surface area contributed by atoms with E-state index in [1.807, 2.05) is 0 Å². The molecule has 3 unspecified atom stereocenters. The molecule has 0 aromatic carbocycles. The van der Waals surface area contributed by atoms with Crippen molar-refractivity contribution in [3.8, 4) is 0 Å². The van der Waals surface area contributed by atoms with Crippen LogP contribution in [0.25, 0.3) is 0 Å². The van der Waals surface area contributed by atoms with Crippen LogP contribution in [0.1, 0.15) is 20.3 Å². The van der Waals surface area contributed by atoms with Gasteiger partial charge in [0.1, 0.15) is 0 Å². The van der Waals surface area contributed by atoms with Gasteiger partial charge in [0.2, 0.25) is 5.91 Å². The third-order valence-corrected chi connectivity index (χ3v) is 2.44. The smallest absolute Gasteiger partial charge is 0.306 e. The second kappa shape index (κ2) is 7.19. The van der Waals surface area contributed by atoms with Crippen molar-refractivity contribution in [2.45, 2.75) is 32.4 Å². The van der Waals surface area contributed by atoms with Gasteiger partial charge in [-0.1, -0.05) is 6.92 Å². The summed E-state index contributed by atoms with van der Waals surface area (Å²) in [6.07, 6.45) is -0.648. The molecule has 0 rings (SSSR count). The van der Waals surface area contributed by atoms with Gasteiger partial charge >= 0.3 is 5.97 Å². The number of hydrogen-bond acceptors (Lipinski definition) is 4. The molecule has 0 saturated carbocycles. The normalized spacial score (nSPS) is 16.2. The Hall–Kier alpha value is -1.14. The number of hydrogen-bond donors (Lipinski definition) is 3. The first-order valence-corrected chi connectivity index (χ1v) is 5.16. The van der Waals surface area contributed by atoms with Crippen molar-refractivity contribution in [3.63, 3.8) is 0 Å². The van der Waals surface area contributed by atoms with E-state index < -0.39 is 12.1 Å². The number of nitrogens with one attached hydrogen (secondary N) is 1. The predicted molar refractivity (Wildman–Crippen MR) is 58.9 cm³/mol. The number of carboxylic acids is 1. The van der Waals surface area contributed by atoms with E-state index in [1.165, 1.54) is 7.11 Å². The molecule has 0 aromatic rings. The number of methoxy groups -OCH3 is 1. The Morgan fingerprint density at radius 3 is 2.38 bits per heavy atom. The molecule has 0 aliphatic carbocycles. The Bertz CT molecular complexity index is 243. The molecule has 0 fully saturated rings. The molecular formula is C10H20N2O4. The fourth-order valence-corrected chi connectivity index (χ4v) is 1.05. The zero-order valence-electron chi connectivity index (χ0n) is 9.90. The van der Waals surface area contributed by atoms with Crippen LogP contribution < -0.4 is 11.1 Å². The van der Waals surface area contributed by atoms with E-state index in [-0.39, 0.29) is 30.8 Å². The number of carbonyl (C=O) groups is 2. The van der Waals surface area contributed by atoms with Crippen molar-refractivity contribution in [2.75, 3.05) is 13.7 Å². The standard InChI is InChI=1S/C10H20N2O4/c1-6(7(2)11)10(15)12-5-8(16-3)4-9(13)14/h6-8H,4-5,11H2,1-3H3,(H,12,15)(H,13,14). The van der Waals surface area contributed by atoms with Gasteiger partial charge in [0.15, 0.2) is 0 Å². The number of nitrogens with two attached hydrogens (primary N) is 1. The van der Waals surface area contributed by atoms with Crippen LogP contribution in [0.5, 0.6) is 0 Å². The van der Waals surface area contributed by atoms with Gasteiger partial charge in [0.25, 0.3) is 0 Å². The van der Waals surface area contributed by atoms with Gasteiger partial charge in [-0.25, -0.2) is 0 Å². The summed E-state index contributed by atoms with van der Waals surface area (Å²) in [6.45, 7) is 3.65. The lowest BCUT2D eigenvalue weighted by atomic mass is 10.0. The summed E-state index contributed by atoms with van der Waals surface area (Å²) in [6, 6.07) is -0.236. The Labute approximate surface area is 95.1 Å².